The minimum atomic E-state index is -3.63. The van der Waals surface area contributed by atoms with E-state index in [1.807, 2.05) is 6.92 Å². The van der Waals surface area contributed by atoms with Crippen LogP contribution in [-0.4, -0.2) is 99.4 Å². The largest absolute Gasteiger partial charge is 0.445 e. The van der Waals surface area contributed by atoms with Gasteiger partial charge in [0.2, 0.25) is 5.91 Å². The van der Waals surface area contributed by atoms with Crippen molar-refractivity contribution < 1.29 is 26.9 Å². The van der Waals surface area contributed by atoms with Gasteiger partial charge in [0.1, 0.15) is 6.61 Å². The number of likely N-dealkylation sites (tertiary alicyclic amines) is 1. The molecule has 0 aromatic rings. The van der Waals surface area contributed by atoms with Crippen LogP contribution in [0.2, 0.25) is 0 Å². The van der Waals surface area contributed by atoms with Crippen molar-refractivity contribution in [2.24, 2.45) is 0 Å². The van der Waals surface area contributed by atoms with Crippen LogP contribution < -0.4 is 0 Å². The molecule has 2 heterocycles. The number of piperazine rings is 1. The molecule has 0 N–H and O–H groups in total. The molecule has 0 aromatic carbocycles. The monoisotopic (exact) mass is 389 g/mol. The molecule has 2 atom stereocenters. The van der Waals surface area contributed by atoms with Gasteiger partial charge in [-0.3, -0.25) is 13.9 Å². The first-order chi connectivity index (χ1) is 12.2. The molecule has 9 nitrogen and oxygen atoms in total. The highest BCUT2D eigenvalue weighted by Crippen LogP contribution is 2.24. The summed E-state index contributed by atoms with van der Waals surface area (Å²) in [5.74, 6) is 0.00462. The van der Waals surface area contributed by atoms with E-state index >= 15 is 0 Å². The number of amides is 2. The van der Waals surface area contributed by atoms with E-state index in [1.165, 1.54) is 11.0 Å². The van der Waals surface area contributed by atoms with Crippen LogP contribution in [0.3, 0.4) is 0 Å². The van der Waals surface area contributed by atoms with E-state index in [0.717, 1.165) is 19.3 Å². The highest BCUT2D eigenvalue weighted by atomic mass is 32.2. The molecule has 0 unspecified atom stereocenters. The highest BCUT2D eigenvalue weighted by Gasteiger charge is 2.40. The minimum absolute atomic E-state index is 0.00462. The SMILES string of the molecule is C=CCOC(=O)N1C[C@H](OS(C)(=O)=O)C[C@H]1CN1CCN(CC)CC1=O. The Labute approximate surface area is 154 Å². The van der Waals surface area contributed by atoms with Crippen LogP contribution in [0.1, 0.15) is 13.3 Å². The Balaban J connectivity index is 2.05. The molecule has 26 heavy (non-hydrogen) atoms. The Bertz CT molecular complexity index is 638. The summed E-state index contributed by atoms with van der Waals surface area (Å²) in [5, 5.41) is 0. The van der Waals surface area contributed by atoms with Crippen molar-refractivity contribution in [1.82, 2.24) is 14.7 Å². The summed E-state index contributed by atoms with van der Waals surface area (Å²) in [6.45, 7) is 8.54. The average Bonchev–Trinajstić information content (AvgIpc) is 2.94. The van der Waals surface area contributed by atoms with Crippen molar-refractivity contribution in [3.63, 3.8) is 0 Å². The van der Waals surface area contributed by atoms with Crippen LogP contribution in [0.4, 0.5) is 4.79 Å². The minimum Gasteiger partial charge on any atom is -0.445 e. The number of rotatable bonds is 7. The molecule has 148 valence electrons. The fourth-order valence-electron chi connectivity index (χ4n) is 3.28. The Morgan fingerprint density at radius 2 is 2.12 bits per heavy atom. The van der Waals surface area contributed by atoms with Crippen LogP contribution in [0.5, 0.6) is 0 Å². The van der Waals surface area contributed by atoms with Gasteiger partial charge in [0.15, 0.2) is 0 Å². The summed E-state index contributed by atoms with van der Waals surface area (Å²) in [7, 11) is -3.63. The lowest BCUT2D eigenvalue weighted by Crippen LogP contribution is -2.54. The summed E-state index contributed by atoms with van der Waals surface area (Å²) in [6.07, 6.45) is 1.57. The molecule has 2 saturated heterocycles. The molecule has 2 rings (SSSR count). The maximum atomic E-state index is 12.3. The molecule has 0 spiro atoms. The zero-order valence-electron chi connectivity index (χ0n) is 15.3. The van der Waals surface area contributed by atoms with Gasteiger partial charge >= 0.3 is 6.09 Å². The Kier molecular flexibility index (Phi) is 7.01. The second kappa shape index (κ2) is 8.83. The normalized spacial score (nSPS) is 24.8. The van der Waals surface area contributed by atoms with Gasteiger partial charge in [-0.15, -0.1) is 0 Å². The second-order valence-electron chi connectivity index (χ2n) is 6.54. The molecule has 2 aliphatic heterocycles. The van der Waals surface area contributed by atoms with Crippen LogP contribution in [0.15, 0.2) is 12.7 Å². The number of carbonyl (C=O) groups is 2. The molecular formula is C16H27N3O6S. The smallest absolute Gasteiger partial charge is 0.410 e. The summed E-state index contributed by atoms with van der Waals surface area (Å²) >= 11 is 0. The van der Waals surface area contributed by atoms with Crippen LogP contribution in [0.25, 0.3) is 0 Å². The van der Waals surface area contributed by atoms with Gasteiger partial charge in [0.05, 0.1) is 31.5 Å². The van der Waals surface area contributed by atoms with E-state index < -0.39 is 22.3 Å². The molecule has 10 heteroatoms. The van der Waals surface area contributed by atoms with Crippen molar-refractivity contribution in [2.45, 2.75) is 25.5 Å². The molecule has 0 saturated carbocycles. The number of carbonyl (C=O) groups excluding carboxylic acids is 2. The molecule has 0 radical (unpaired) electrons. The van der Waals surface area contributed by atoms with E-state index in [1.54, 1.807) is 4.90 Å². The highest BCUT2D eigenvalue weighted by molar-refractivity contribution is 7.86. The number of nitrogens with zero attached hydrogens (tertiary/aromatic N) is 3. The van der Waals surface area contributed by atoms with Gasteiger partial charge in [0, 0.05) is 19.6 Å². The molecular weight excluding hydrogens is 362 g/mol. The standard InChI is InChI=1S/C16H27N3O6S/c1-4-8-24-16(21)19-11-14(25-26(3,22)23)9-13(19)10-18-7-6-17(5-2)12-15(18)20/h4,13-14H,1,5-12H2,2-3H3/t13-,14+/m0/s1. The van der Waals surface area contributed by atoms with Crippen molar-refractivity contribution in [3.8, 4) is 0 Å². The third-order valence-corrected chi connectivity index (χ3v) is 5.14. The molecule has 0 aliphatic carbocycles. The number of hydrogen-bond acceptors (Lipinski definition) is 7. The maximum absolute atomic E-state index is 12.3. The summed E-state index contributed by atoms with van der Waals surface area (Å²) in [5.41, 5.74) is 0. The lowest BCUT2D eigenvalue weighted by atomic mass is 10.1. The van der Waals surface area contributed by atoms with E-state index in [2.05, 4.69) is 11.5 Å². The Hall–Kier alpha value is -1.65. The molecule has 2 aliphatic rings. The maximum Gasteiger partial charge on any atom is 0.410 e. The van der Waals surface area contributed by atoms with Gasteiger partial charge in [-0.25, -0.2) is 4.79 Å². The summed E-state index contributed by atoms with van der Waals surface area (Å²) in [4.78, 5) is 29.8. The second-order valence-corrected chi connectivity index (χ2v) is 8.14. The molecule has 0 bridgehead atoms. The average molecular weight is 389 g/mol. The number of likely N-dealkylation sites (N-methyl/N-ethyl adjacent to an activating group) is 1. The van der Waals surface area contributed by atoms with E-state index in [4.69, 9.17) is 8.92 Å². The summed E-state index contributed by atoms with van der Waals surface area (Å²) < 4.78 is 33.0. The van der Waals surface area contributed by atoms with Crippen LogP contribution in [0, 0.1) is 0 Å². The van der Waals surface area contributed by atoms with Gasteiger partial charge in [0.25, 0.3) is 10.1 Å². The van der Waals surface area contributed by atoms with Gasteiger partial charge in [-0.2, -0.15) is 8.42 Å². The fourth-order valence-corrected chi connectivity index (χ4v) is 3.91. The van der Waals surface area contributed by atoms with E-state index in [-0.39, 0.29) is 25.1 Å². The molecule has 0 aromatic heterocycles. The lowest BCUT2D eigenvalue weighted by molar-refractivity contribution is -0.136. The van der Waals surface area contributed by atoms with E-state index in [9.17, 15) is 18.0 Å². The van der Waals surface area contributed by atoms with Crippen LogP contribution >= 0.6 is 0 Å². The third-order valence-electron chi connectivity index (χ3n) is 4.52. The Morgan fingerprint density at radius 1 is 1.38 bits per heavy atom. The quantitative estimate of drug-likeness (QED) is 0.443. The summed E-state index contributed by atoms with van der Waals surface area (Å²) in [6, 6.07) is -0.351. The number of hydrogen-bond donors (Lipinski definition) is 0. The third kappa shape index (κ3) is 5.68. The zero-order valence-corrected chi connectivity index (χ0v) is 16.1. The Morgan fingerprint density at radius 3 is 2.69 bits per heavy atom. The van der Waals surface area contributed by atoms with Crippen molar-refractivity contribution in [1.29, 1.82) is 0 Å². The fraction of sp³-hybridized carbons (Fsp3) is 0.750. The molecule has 2 amide bonds. The predicted octanol–water partition coefficient (Wildman–Crippen LogP) is -0.108. The number of ether oxygens (including phenoxy) is 1. The molecule has 2 fully saturated rings. The first-order valence-electron chi connectivity index (χ1n) is 8.66. The van der Waals surface area contributed by atoms with Crippen molar-refractivity contribution in [2.75, 3.05) is 52.1 Å². The van der Waals surface area contributed by atoms with E-state index in [0.29, 0.717) is 26.1 Å². The topological polar surface area (TPSA) is 96.5 Å². The first kappa shape index (κ1) is 20.7. The van der Waals surface area contributed by atoms with Crippen molar-refractivity contribution in [3.05, 3.63) is 12.7 Å². The lowest BCUT2D eigenvalue weighted by Gasteiger charge is -2.36. The first-order valence-corrected chi connectivity index (χ1v) is 10.5. The zero-order chi connectivity index (χ0) is 19.3. The van der Waals surface area contributed by atoms with Gasteiger partial charge in [-0.1, -0.05) is 19.6 Å². The predicted molar refractivity (Wildman–Crippen MR) is 95.1 cm³/mol. The van der Waals surface area contributed by atoms with Gasteiger partial charge in [-0.05, 0) is 13.0 Å². The van der Waals surface area contributed by atoms with Crippen LogP contribution in [-0.2, 0) is 23.8 Å². The van der Waals surface area contributed by atoms with Gasteiger partial charge < -0.3 is 14.5 Å². The van der Waals surface area contributed by atoms with Crippen molar-refractivity contribution >= 4 is 22.1 Å².